The number of hydrogen-bond acceptors (Lipinski definition) is 5. The van der Waals surface area contributed by atoms with Gasteiger partial charge in [-0.05, 0) is 58.2 Å². The van der Waals surface area contributed by atoms with E-state index in [0.717, 1.165) is 9.87 Å². The first-order valence-corrected chi connectivity index (χ1v) is 9.26. The first kappa shape index (κ1) is 18.4. The maximum atomic E-state index is 13.0. The topological polar surface area (TPSA) is 87.5 Å². The van der Waals surface area contributed by atoms with E-state index >= 15 is 0 Å². The predicted molar refractivity (Wildman–Crippen MR) is 88.7 cm³/mol. The number of carbonyl (C=O) groups is 1. The van der Waals surface area contributed by atoms with Gasteiger partial charge in [-0.3, -0.25) is 4.79 Å². The molecular formula is C17H22N2O4S. The molecule has 0 saturated carbocycles. The Morgan fingerprint density at radius 1 is 1.38 bits per heavy atom. The molecule has 1 aromatic rings. The Balaban J connectivity index is 2.39. The van der Waals surface area contributed by atoms with Crippen molar-refractivity contribution in [1.29, 1.82) is 5.26 Å². The number of rotatable bonds is 3. The molecule has 1 aromatic carbocycles. The predicted octanol–water partition coefficient (Wildman–Crippen LogP) is 2.36. The molecule has 6 nitrogen and oxygen atoms in total. The summed E-state index contributed by atoms with van der Waals surface area (Å²) in [7, 11) is -3.94. The van der Waals surface area contributed by atoms with Crippen molar-refractivity contribution in [3.8, 4) is 6.07 Å². The molecular weight excluding hydrogens is 328 g/mol. The molecule has 130 valence electrons. The van der Waals surface area contributed by atoms with Crippen LogP contribution in [0.3, 0.4) is 0 Å². The van der Waals surface area contributed by atoms with Crippen LogP contribution in [-0.2, 0) is 19.6 Å². The maximum Gasteiger partial charge on any atom is 0.324 e. The van der Waals surface area contributed by atoms with Crippen LogP contribution in [0.15, 0.2) is 23.1 Å². The number of sulfonamides is 1. The molecule has 2 rings (SSSR count). The maximum absolute atomic E-state index is 13.0. The van der Waals surface area contributed by atoms with Crippen LogP contribution >= 0.6 is 0 Å². The lowest BCUT2D eigenvalue weighted by Crippen LogP contribution is -2.43. The minimum absolute atomic E-state index is 0.0638. The van der Waals surface area contributed by atoms with Gasteiger partial charge in [0.1, 0.15) is 17.7 Å². The van der Waals surface area contributed by atoms with E-state index in [1.54, 1.807) is 33.8 Å². The molecule has 0 aliphatic carbocycles. The quantitative estimate of drug-likeness (QED) is 0.781. The molecule has 0 radical (unpaired) electrons. The zero-order valence-corrected chi connectivity index (χ0v) is 15.2. The third kappa shape index (κ3) is 3.77. The molecule has 1 heterocycles. The van der Waals surface area contributed by atoms with Gasteiger partial charge in [0.2, 0.25) is 10.0 Å². The van der Waals surface area contributed by atoms with E-state index in [0.29, 0.717) is 12.8 Å². The van der Waals surface area contributed by atoms with Gasteiger partial charge in [0.05, 0.1) is 10.5 Å². The van der Waals surface area contributed by atoms with Gasteiger partial charge >= 0.3 is 5.97 Å². The summed E-state index contributed by atoms with van der Waals surface area (Å²) in [6, 6.07) is 5.68. The van der Waals surface area contributed by atoms with Crippen molar-refractivity contribution in [3.05, 3.63) is 29.3 Å². The van der Waals surface area contributed by atoms with Gasteiger partial charge in [0.15, 0.2) is 0 Å². The fraction of sp³-hybridized carbons (Fsp3) is 0.529. The van der Waals surface area contributed by atoms with Crippen molar-refractivity contribution in [2.24, 2.45) is 0 Å². The molecule has 1 aliphatic rings. The number of esters is 1. The van der Waals surface area contributed by atoms with Crippen molar-refractivity contribution in [2.45, 2.75) is 57.1 Å². The van der Waals surface area contributed by atoms with Crippen LogP contribution in [0.2, 0.25) is 0 Å². The Labute approximate surface area is 143 Å². The normalized spacial score (nSPS) is 19.0. The number of benzene rings is 1. The lowest BCUT2D eigenvalue weighted by molar-refractivity contribution is -0.158. The van der Waals surface area contributed by atoms with Crippen LogP contribution in [0.1, 0.15) is 44.7 Å². The summed E-state index contributed by atoms with van der Waals surface area (Å²) in [5.74, 6) is -0.547. The van der Waals surface area contributed by atoms with Crippen molar-refractivity contribution >= 4 is 16.0 Å². The standard InChI is InChI=1S/C17H22N2O4S/c1-12-7-8-15(13(10-12)11-18)24(21,22)19-9-5-6-14(19)16(20)23-17(2,3)4/h7-8,10,14H,5-6,9H2,1-4H3/t14-/m0/s1. The summed E-state index contributed by atoms with van der Waals surface area (Å²) in [6.45, 7) is 7.26. The van der Waals surface area contributed by atoms with E-state index in [1.165, 1.54) is 12.1 Å². The van der Waals surface area contributed by atoms with Crippen LogP contribution < -0.4 is 0 Å². The molecule has 24 heavy (non-hydrogen) atoms. The third-order valence-electron chi connectivity index (χ3n) is 3.72. The molecule has 1 aliphatic heterocycles. The Bertz CT molecular complexity index is 788. The highest BCUT2D eigenvalue weighted by Gasteiger charge is 2.42. The summed E-state index contributed by atoms with van der Waals surface area (Å²) in [5.41, 5.74) is 0.206. The summed E-state index contributed by atoms with van der Waals surface area (Å²) in [4.78, 5) is 12.3. The van der Waals surface area contributed by atoms with Gasteiger partial charge in [-0.1, -0.05) is 6.07 Å². The van der Waals surface area contributed by atoms with Crippen LogP contribution in [0, 0.1) is 18.3 Å². The number of hydrogen-bond donors (Lipinski definition) is 0. The van der Waals surface area contributed by atoms with E-state index < -0.39 is 27.6 Å². The second kappa shape index (κ2) is 6.54. The smallest absolute Gasteiger partial charge is 0.324 e. The fourth-order valence-electron chi connectivity index (χ4n) is 2.72. The van der Waals surface area contributed by atoms with Crippen LogP contribution in [0.5, 0.6) is 0 Å². The summed E-state index contributed by atoms with van der Waals surface area (Å²) in [6.07, 6.45) is 0.999. The average molecular weight is 350 g/mol. The van der Waals surface area contributed by atoms with Crippen molar-refractivity contribution < 1.29 is 17.9 Å². The molecule has 0 bridgehead atoms. The minimum Gasteiger partial charge on any atom is -0.459 e. The van der Waals surface area contributed by atoms with Gasteiger partial charge < -0.3 is 4.74 Å². The molecule has 0 spiro atoms. The Kier molecular flexibility index (Phi) is 5.02. The zero-order valence-electron chi connectivity index (χ0n) is 14.4. The van der Waals surface area contributed by atoms with Crippen molar-refractivity contribution in [1.82, 2.24) is 4.31 Å². The Morgan fingerprint density at radius 3 is 2.62 bits per heavy atom. The van der Waals surface area contributed by atoms with Crippen LogP contribution in [0.25, 0.3) is 0 Å². The molecule has 1 atom stereocenters. The molecule has 1 saturated heterocycles. The van der Waals surface area contributed by atoms with Crippen molar-refractivity contribution in [3.63, 3.8) is 0 Å². The van der Waals surface area contributed by atoms with Gasteiger partial charge in [0, 0.05) is 6.54 Å². The van der Waals surface area contributed by atoms with Crippen molar-refractivity contribution in [2.75, 3.05) is 6.54 Å². The van der Waals surface area contributed by atoms with Gasteiger partial charge in [-0.25, -0.2) is 8.42 Å². The monoisotopic (exact) mass is 350 g/mol. The van der Waals surface area contributed by atoms with Gasteiger partial charge in [0.25, 0.3) is 0 Å². The fourth-order valence-corrected chi connectivity index (χ4v) is 4.49. The van der Waals surface area contributed by atoms with E-state index in [2.05, 4.69) is 0 Å². The second-order valence-corrected chi connectivity index (χ2v) is 8.78. The highest BCUT2D eigenvalue weighted by atomic mass is 32.2. The lowest BCUT2D eigenvalue weighted by atomic mass is 10.1. The van der Waals surface area contributed by atoms with Crippen LogP contribution in [0.4, 0.5) is 0 Å². The second-order valence-electron chi connectivity index (χ2n) is 6.92. The highest BCUT2D eigenvalue weighted by molar-refractivity contribution is 7.89. The molecule has 0 aromatic heterocycles. The lowest BCUT2D eigenvalue weighted by Gasteiger charge is -2.27. The summed E-state index contributed by atoms with van der Waals surface area (Å²) >= 11 is 0. The van der Waals surface area contributed by atoms with E-state index in [1.807, 2.05) is 6.07 Å². The number of nitrogens with zero attached hydrogens (tertiary/aromatic N) is 2. The van der Waals surface area contributed by atoms with Crippen LogP contribution in [-0.4, -0.2) is 36.9 Å². The first-order valence-electron chi connectivity index (χ1n) is 7.82. The Hall–Kier alpha value is -1.91. The van der Waals surface area contributed by atoms with E-state index in [4.69, 9.17) is 4.74 Å². The highest BCUT2D eigenvalue weighted by Crippen LogP contribution is 2.29. The summed E-state index contributed by atoms with van der Waals surface area (Å²) in [5, 5.41) is 9.25. The largest absolute Gasteiger partial charge is 0.459 e. The molecule has 1 fully saturated rings. The Morgan fingerprint density at radius 2 is 2.04 bits per heavy atom. The SMILES string of the molecule is Cc1ccc(S(=O)(=O)N2CCC[C@H]2C(=O)OC(C)(C)C)c(C#N)c1. The minimum atomic E-state index is -3.94. The van der Waals surface area contributed by atoms with E-state index in [-0.39, 0.29) is 17.0 Å². The van der Waals surface area contributed by atoms with Gasteiger partial charge in [-0.15, -0.1) is 0 Å². The number of aryl methyl sites for hydroxylation is 1. The van der Waals surface area contributed by atoms with E-state index in [9.17, 15) is 18.5 Å². The number of ether oxygens (including phenoxy) is 1. The molecule has 0 N–H and O–H groups in total. The average Bonchev–Trinajstić information content (AvgIpc) is 2.95. The molecule has 0 unspecified atom stereocenters. The van der Waals surface area contributed by atoms with Gasteiger partial charge in [-0.2, -0.15) is 9.57 Å². The number of nitriles is 1. The molecule has 7 heteroatoms. The third-order valence-corrected chi connectivity index (χ3v) is 5.69. The first-order chi connectivity index (χ1) is 11.1. The molecule has 0 amide bonds. The summed E-state index contributed by atoms with van der Waals surface area (Å²) < 4.78 is 32.5. The number of carbonyl (C=O) groups excluding carboxylic acids is 1. The zero-order chi connectivity index (χ0) is 18.1.